The molecule has 1 aromatic carbocycles. The Kier molecular flexibility index (Phi) is 5.15. The summed E-state index contributed by atoms with van der Waals surface area (Å²) < 4.78 is 40.0. The van der Waals surface area contributed by atoms with E-state index >= 15 is 0 Å². The minimum Gasteiger partial charge on any atom is -0.508 e. The summed E-state index contributed by atoms with van der Waals surface area (Å²) >= 11 is 0. The molecule has 2 heterocycles. The molecule has 1 aromatic rings. The summed E-state index contributed by atoms with van der Waals surface area (Å²) in [6.07, 6.45) is 5.63. The lowest BCUT2D eigenvalue weighted by atomic mass is 9.95. The zero-order valence-corrected chi connectivity index (χ0v) is 15.9. The molecule has 2 aliphatic heterocycles. The number of hydrogen-bond acceptors (Lipinski definition) is 3. The summed E-state index contributed by atoms with van der Waals surface area (Å²) in [7, 11) is 0. The third-order valence-electron chi connectivity index (χ3n) is 5.82. The fraction of sp³-hybridized carbons (Fsp3) is 0.409. The molecule has 4 rings (SSSR count). The van der Waals surface area contributed by atoms with E-state index in [0.717, 1.165) is 18.1 Å². The minimum atomic E-state index is -4.44. The van der Waals surface area contributed by atoms with Crippen molar-refractivity contribution < 1.29 is 23.1 Å². The number of nitrogens with one attached hydrogen (secondary N) is 1. The molecule has 0 bridgehead atoms. The molecule has 0 saturated carbocycles. The van der Waals surface area contributed by atoms with E-state index in [1.54, 1.807) is 23.1 Å². The fourth-order valence-corrected chi connectivity index (χ4v) is 4.40. The number of aliphatic hydroxyl groups is 1. The van der Waals surface area contributed by atoms with E-state index < -0.39 is 11.7 Å². The third-order valence-corrected chi connectivity index (χ3v) is 5.82. The Bertz CT molecular complexity index is 902. The van der Waals surface area contributed by atoms with Crippen LogP contribution in [-0.4, -0.2) is 28.5 Å². The fourth-order valence-electron chi connectivity index (χ4n) is 4.40. The SMILES string of the molecule is O=C1CCCN1C1CCC(C2=CC(O)=CC=CC2)Nc2ccc(C(F)(F)F)cc21. The quantitative estimate of drug-likeness (QED) is 0.706. The second-order valence-electron chi connectivity index (χ2n) is 7.72. The number of carbonyl (C=O) groups excluding carboxylic acids is 1. The monoisotopic (exact) mass is 404 g/mol. The molecule has 0 aromatic heterocycles. The van der Waals surface area contributed by atoms with Crippen molar-refractivity contribution in [3.05, 3.63) is 65.0 Å². The lowest BCUT2D eigenvalue weighted by molar-refractivity contribution is -0.137. The first-order chi connectivity index (χ1) is 13.8. The van der Waals surface area contributed by atoms with Crippen LogP contribution >= 0.6 is 0 Å². The van der Waals surface area contributed by atoms with Gasteiger partial charge in [-0.1, -0.05) is 12.2 Å². The third kappa shape index (κ3) is 4.04. The number of benzene rings is 1. The molecule has 0 radical (unpaired) electrons. The number of allylic oxidation sites excluding steroid dienone is 4. The largest absolute Gasteiger partial charge is 0.508 e. The molecule has 2 unspecified atom stereocenters. The van der Waals surface area contributed by atoms with Gasteiger partial charge in [0.05, 0.1) is 11.6 Å². The van der Waals surface area contributed by atoms with Gasteiger partial charge < -0.3 is 15.3 Å². The highest BCUT2D eigenvalue weighted by atomic mass is 19.4. The number of likely N-dealkylation sites (tertiary alicyclic amines) is 1. The van der Waals surface area contributed by atoms with Gasteiger partial charge in [0.2, 0.25) is 5.91 Å². The maximum absolute atomic E-state index is 13.3. The molecule has 1 aliphatic carbocycles. The van der Waals surface area contributed by atoms with Crippen LogP contribution in [0.3, 0.4) is 0 Å². The van der Waals surface area contributed by atoms with Crippen LogP contribution in [0.15, 0.2) is 53.8 Å². The highest BCUT2D eigenvalue weighted by molar-refractivity contribution is 5.79. The maximum Gasteiger partial charge on any atom is 0.416 e. The number of nitrogens with zero attached hydrogens (tertiary/aromatic N) is 1. The number of rotatable bonds is 2. The smallest absolute Gasteiger partial charge is 0.416 e. The summed E-state index contributed by atoms with van der Waals surface area (Å²) in [5.41, 5.74) is 1.39. The van der Waals surface area contributed by atoms with Gasteiger partial charge in [0.15, 0.2) is 0 Å². The van der Waals surface area contributed by atoms with Gasteiger partial charge in [-0.15, -0.1) is 0 Å². The molecule has 4 nitrogen and oxygen atoms in total. The lowest BCUT2D eigenvalue weighted by Gasteiger charge is -2.28. The van der Waals surface area contributed by atoms with Crippen LogP contribution in [0.1, 0.15) is 49.3 Å². The van der Waals surface area contributed by atoms with E-state index in [1.165, 1.54) is 12.1 Å². The van der Waals surface area contributed by atoms with E-state index in [1.807, 2.05) is 6.08 Å². The first-order valence-corrected chi connectivity index (χ1v) is 9.86. The van der Waals surface area contributed by atoms with Crippen molar-refractivity contribution in [2.75, 3.05) is 11.9 Å². The van der Waals surface area contributed by atoms with E-state index in [2.05, 4.69) is 5.32 Å². The summed E-state index contributed by atoms with van der Waals surface area (Å²) in [4.78, 5) is 14.1. The highest BCUT2D eigenvalue weighted by Gasteiger charge is 2.37. The zero-order chi connectivity index (χ0) is 20.6. The van der Waals surface area contributed by atoms with E-state index in [4.69, 9.17) is 0 Å². The second kappa shape index (κ2) is 7.61. The Hall–Kier alpha value is -2.70. The Morgan fingerprint density at radius 2 is 2.03 bits per heavy atom. The number of anilines is 1. The van der Waals surface area contributed by atoms with Crippen LogP contribution < -0.4 is 5.32 Å². The standard InChI is InChI=1S/C22H23F3N2O2/c23-22(24,25)15-7-8-19-17(13-15)20(27-11-3-6-21(27)29)10-9-18(26-19)14-4-1-2-5-16(28)12-14/h1-2,5,7-8,12-13,18,20,26,28H,3-4,6,9-11H2. The number of amides is 1. The molecule has 1 amide bonds. The van der Waals surface area contributed by atoms with Crippen molar-refractivity contribution in [3.63, 3.8) is 0 Å². The van der Waals surface area contributed by atoms with E-state index in [-0.39, 0.29) is 23.8 Å². The Morgan fingerprint density at radius 3 is 2.76 bits per heavy atom. The van der Waals surface area contributed by atoms with Crippen molar-refractivity contribution in [1.29, 1.82) is 0 Å². The normalized spacial score (nSPS) is 24.9. The molecular weight excluding hydrogens is 381 g/mol. The Labute approximate surface area is 167 Å². The molecule has 1 saturated heterocycles. The van der Waals surface area contributed by atoms with Gasteiger partial charge in [0.1, 0.15) is 5.76 Å². The summed E-state index contributed by atoms with van der Waals surface area (Å²) in [5, 5.41) is 13.3. The molecule has 29 heavy (non-hydrogen) atoms. The van der Waals surface area contributed by atoms with Crippen LogP contribution in [0.5, 0.6) is 0 Å². The van der Waals surface area contributed by atoms with Crippen molar-refractivity contribution in [1.82, 2.24) is 4.90 Å². The Morgan fingerprint density at radius 1 is 1.21 bits per heavy atom. The average Bonchev–Trinajstić information content (AvgIpc) is 2.87. The van der Waals surface area contributed by atoms with E-state index in [9.17, 15) is 23.1 Å². The number of hydrogen-bond donors (Lipinski definition) is 2. The van der Waals surface area contributed by atoms with Gasteiger partial charge in [0.25, 0.3) is 0 Å². The van der Waals surface area contributed by atoms with Crippen LogP contribution in [0.25, 0.3) is 0 Å². The van der Waals surface area contributed by atoms with E-state index in [0.29, 0.717) is 43.5 Å². The van der Waals surface area contributed by atoms with Crippen molar-refractivity contribution in [3.8, 4) is 0 Å². The van der Waals surface area contributed by atoms with Crippen LogP contribution in [0.2, 0.25) is 0 Å². The predicted molar refractivity (Wildman–Crippen MR) is 104 cm³/mol. The molecule has 2 N–H and O–H groups in total. The number of alkyl halides is 3. The number of halogens is 3. The minimum absolute atomic E-state index is 0.00555. The number of aliphatic hydroxyl groups excluding tert-OH is 1. The van der Waals surface area contributed by atoms with Crippen molar-refractivity contribution in [2.24, 2.45) is 0 Å². The molecular formula is C22H23F3N2O2. The number of carbonyl (C=O) groups is 1. The van der Waals surface area contributed by atoms with Crippen LogP contribution in [-0.2, 0) is 11.0 Å². The molecule has 1 fully saturated rings. The summed E-state index contributed by atoms with van der Waals surface area (Å²) in [6.45, 7) is 0.568. The van der Waals surface area contributed by atoms with Gasteiger partial charge in [-0.3, -0.25) is 4.79 Å². The first kappa shape index (κ1) is 19.6. The maximum atomic E-state index is 13.3. The zero-order valence-electron chi connectivity index (χ0n) is 15.9. The Balaban J connectivity index is 1.73. The van der Waals surface area contributed by atoms with Gasteiger partial charge in [-0.2, -0.15) is 13.2 Å². The lowest BCUT2D eigenvalue weighted by Crippen LogP contribution is -2.30. The second-order valence-corrected chi connectivity index (χ2v) is 7.72. The summed E-state index contributed by atoms with van der Waals surface area (Å²) in [6, 6.07) is 3.21. The molecule has 7 heteroatoms. The highest BCUT2D eigenvalue weighted by Crippen LogP contribution is 2.42. The average molecular weight is 404 g/mol. The number of fused-ring (bicyclic) bond motifs is 1. The summed E-state index contributed by atoms with van der Waals surface area (Å²) in [5.74, 6) is 0.146. The topological polar surface area (TPSA) is 52.6 Å². The molecule has 2 atom stereocenters. The van der Waals surface area contributed by atoms with Gasteiger partial charge >= 0.3 is 6.18 Å². The first-order valence-electron chi connectivity index (χ1n) is 9.86. The van der Waals surface area contributed by atoms with Gasteiger partial charge in [-0.05, 0) is 67.2 Å². The molecule has 3 aliphatic rings. The molecule has 0 spiro atoms. The van der Waals surface area contributed by atoms with Crippen molar-refractivity contribution in [2.45, 2.75) is 50.4 Å². The van der Waals surface area contributed by atoms with Gasteiger partial charge in [-0.25, -0.2) is 0 Å². The van der Waals surface area contributed by atoms with Crippen LogP contribution in [0.4, 0.5) is 18.9 Å². The van der Waals surface area contributed by atoms with Crippen molar-refractivity contribution >= 4 is 11.6 Å². The van der Waals surface area contributed by atoms with Crippen LogP contribution in [0, 0.1) is 0 Å². The molecule has 154 valence electrons. The van der Waals surface area contributed by atoms with Gasteiger partial charge in [0, 0.05) is 24.7 Å². The predicted octanol–water partition coefficient (Wildman–Crippen LogP) is 5.27.